The Morgan fingerprint density at radius 1 is 1.02 bits per heavy atom. The van der Waals surface area contributed by atoms with Gasteiger partial charge in [-0.05, 0) is 19.9 Å². The predicted octanol–water partition coefficient (Wildman–Crippen LogP) is 0.615. The Morgan fingerprint density at radius 3 is 2.40 bits per heavy atom. The van der Waals surface area contributed by atoms with Crippen LogP contribution in [-0.2, 0) is 25.4 Å². The van der Waals surface area contributed by atoms with E-state index in [1.165, 1.54) is 25.3 Å². The molecule has 5 N–H and O–H groups in total. The van der Waals surface area contributed by atoms with E-state index < -0.39 is 99.9 Å². The molecule has 50 heavy (non-hydrogen) atoms. The molecule has 15 heteroatoms. The molecule has 4 aliphatic rings. The van der Waals surface area contributed by atoms with Gasteiger partial charge in [-0.2, -0.15) is 0 Å². The summed E-state index contributed by atoms with van der Waals surface area (Å²) in [5.74, 6) is -3.49. The number of Topliss-reactive ketones (excluding diaryl/α,β-unsaturated/α-hetero) is 1. The summed E-state index contributed by atoms with van der Waals surface area (Å²) in [5, 5.41) is 48.9. The number of hydrogen-bond acceptors (Lipinski definition) is 15. The highest BCUT2D eigenvalue weighted by Crippen LogP contribution is 2.52. The molecule has 6 atom stereocenters. The van der Waals surface area contributed by atoms with Crippen molar-refractivity contribution in [1.82, 2.24) is 0 Å². The number of ether oxygens (including phenoxy) is 4. The molecular formula is C35H36N2O13. The lowest BCUT2D eigenvalue weighted by molar-refractivity contribution is -0.245. The molecule has 0 radical (unpaired) electrons. The number of methoxy groups -OCH3 is 1. The topological polar surface area (TPSA) is 218 Å². The third kappa shape index (κ3) is 5.10. The van der Waals surface area contributed by atoms with E-state index >= 15 is 0 Å². The van der Waals surface area contributed by atoms with E-state index in [2.05, 4.69) is 5.32 Å². The van der Waals surface area contributed by atoms with Crippen molar-refractivity contribution >= 4 is 28.7 Å². The molecule has 2 aliphatic carbocycles. The van der Waals surface area contributed by atoms with E-state index in [9.17, 15) is 44.4 Å². The van der Waals surface area contributed by atoms with Gasteiger partial charge in [0.05, 0.1) is 55.3 Å². The summed E-state index contributed by atoms with van der Waals surface area (Å²) in [4.78, 5) is 67.4. The lowest BCUT2D eigenvalue weighted by Crippen LogP contribution is -2.54. The third-order valence-electron chi connectivity index (χ3n) is 10.3. The summed E-state index contributed by atoms with van der Waals surface area (Å²) >= 11 is 0. The summed E-state index contributed by atoms with van der Waals surface area (Å²) in [6.45, 7) is 4.30. The smallest absolute Gasteiger partial charge is 0.253 e. The Balaban J connectivity index is 1.25. The maximum absolute atomic E-state index is 13.9. The molecule has 2 heterocycles. The first-order valence-corrected chi connectivity index (χ1v) is 16.3. The molecule has 3 aromatic carbocycles. The maximum atomic E-state index is 13.9. The molecule has 2 fully saturated rings. The van der Waals surface area contributed by atoms with Crippen LogP contribution in [-0.4, -0.2) is 101 Å². The van der Waals surface area contributed by atoms with Crippen LogP contribution in [0.4, 0.5) is 11.4 Å². The van der Waals surface area contributed by atoms with Crippen LogP contribution in [0, 0.1) is 0 Å². The van der Waals surface area contributed by atoms with Crippen LogP contribution in [0.1, 0.15) is 75.8 Å². The molecular weight excluding hydrogens is 656 g/mol. The van der Waals surface area contributed by atoms with Crippen LogP contribution >= 0.6 is 0 Å². The van der Waals surface area contributed by atoms with Gasteiger partial charge in [0.1, 0.15) is 40.3 Å². The first-order valence-electron chi connectivity index (χ1n) is 16.3. The van der Waals surface area contributed by atoms with Gasteiger partial charge < -0.3 is 49.6 Å². The highest BCUT2D eigenvalue weighted by molar-refractivity contribution is 6.31. The van der Waals surface area contributed by atoms with E-state index in [-0.39, 0.29) is 45.8 Å². The Morgan fingerprint density at radius 2 is 1.72 bits per heavy atom. The Kier molecular flexibility index (Phi) is 8.30. The zero-order valence-corrected chi connectivity index (χ0v) is 27.5. The Labute approximate surface area is 284 Å². The maximum Gasteiger partial charge on any atom is 0.253 e. The average molecular weight is 693 g/mol. The molecule has 2 saturated heterocycles. The summed E-state index contributed by atoms with van der Waals surface area (Å²) in [5.41, 5.74) is -4.60. The molecule has 0 bridgehead atoms. The number of aliphatic hydroxyl groups excluding tert-OH is 1. The van der Waals surface area contributed by atoms with Gasteiger partial charge in [-0.25, -0.2) is 0 Å². The van der Waals surface area contributed by atoms with Gasteiger partial charge in [-0.3, -0.25) is 24.0 Å². The fourth-order valence-electron chi connectivity index (χ4n) is 7.55. The highest BCUT2D eigenvalue weighted by atomic mass is 16.7. The SMILES string of the molecule is COc1cccc2c1C(=O)c1c(O)c3c(c(O)c1C2=O)C[C@@](O)(C(C)=O)C[C@@H]3O[C@H]1C[C@H](Nc2c(N3CCOCC3)c(=O)c2=O)[C@H](O)[C@H](C)O1. The minimum absolute atomic E-state index is 0.0517. The summed E-state index contributed by atoms with van der Waals surface area (Å²) in [6, 6.07) is 3.51. The Bertz CT molecular complexity index is 2010. The number of fused-ring (bicyclic) bond motifs is 3. The molecule has 264 valence electrons. The largest absolute Gasteiger partial charge is 0.507 e. The number of rotatable bonds is 7. The highest BCUT2D eigenvalue weighted by Gasteiger charge is 2.50. The van der Waals surface area contributed by atoms with Gasteiger partial charge in [0.2, 0.25) is 5.78 Å². The molecule has 15 nitrogen and oxygen atoms in total. The van der Waals surface area contributed by atoms with E-state index in [4.69, 9.17) is 18.9 Å². The van der Waals surface area contributed by atoms with E-state index in [0.717, 1.165) is 6.92 Å². The number of morpholine rings is 1. The van der Waals surface area contributed by atoms with Crippen LogP contribution in [0.2, 0.25) is 0 Å². The molecule has 0 unspecified atom stereocenters. The molecule has 2 aliphatic heterocycles. The number of benzene rings is 2. The van der Waals surface area contributed by atoms with Crippen molar-refractivity contribution in [3.05, 3.63) is 72.0 Å². The number of hydrogen-bond donors (Lipinski definition) is 5. The monoisotopic (exact) mass is 692 g/mol. The first kappa shape index (κ1) is 33.8. The number of anilines is 2. The quantitative estimate of drug-likeness (QED) is 0.132. The minimum Gasteiger partial charge on any atom is -0.507 e. The number of nitrogens with one attached hydrogen (secondary N) is 1. The fourth-order valence-corrected chi connectivity index (χ4v) is 7.55. The molecule has 0 saturated carbocycles. The number of phenols is 2. The normalized spacial score (nSPS) is 27.8. The summed E-state index contributed by atoms with van der Waals surface area (Å²) in [7, 11) is 1.32. The number of phenolic OH excluding ortho intramolecular Hbond substituents is 2. The van der Waals surface area contributed by atoms with Crippen molar-refractivity contribution in [2.75, 3.05) is 43.6 Å². The number of nitrogens with zero attached hydrogens (tertiary/aromatic N) is 1. The van der Waals surface area contributed by atoms with E-state index in [1.54, 1.807) is 11.8 Å². The van der Waals surface area contributed by atoms with Gasteiger partial charge in [-0.1, -0.05) is 12.1 Å². The van der Waals surface area contributed by atoms with Crippen molar-refractivity contribution in [2.45, 2.75) is 69.4 Å². The predicted molar refractivity (Wildman–Crippen MR) is 174 cm³/mol. The number of aromatic hydroxyl groups is 2. The van der Waals surface area contributed by atoms with Crippen LogP contribution in [0.3, 0.4) is 0 Å². The number of aliphatic hydroxyl groups is 2. The van der Waals surface area contributed by atoms with Crippen molar-refractivity contribution in [2.24, 2.45) is 0 Å². The lowest BCUT2D eigenvalue weighted by atomic mass is 9.72. The van der Waals surface area contributed by atoms with Crippen LogP contribution in [0.5, 0.6) is 17.2 Å². The van der Waals surface area contributed by atoms with Gasteiger partial charge in [-0.15, -0.1) is 0 Å². The zero-order chi connectivity index (χ0) is 35.8. The average Bonchev–Trinajstić information content (AvgIpc) is 3.10. The molecule has 3 aromatic rings. The molecule has 0 amide bonds. The first-order chi connectivity index (χ1) is 23.8. The molecule has 0 aromatic heterocycles. The second-order valence-electron chi connectivity index (χ2n) is 13.2. The van der Waals surface area contributed by atoms with Crippen molar-refractivity contribution < 1.29 is 53.8 Å². The third-order valence-corrected chi connectivity index (χ3v) is 10.3. The number of ketones is 3. The second-order valence-corrected chi connectivity index (χ2v) is 13.2. The van der Waals surface area contributed by atoms with E-state index in [0.29, 0.717) is 26.3 Å². The van der Waals surface area contributed by atoms with Crippen molar-refractivity contribution in [1.29, 1.82) is 0 Å². The molecule has 7 rings (SSSR count). The number of carbonyl (C=O) groups is 3. The summed E-state index contributed by atoms with van der Waals surface area (Å²) in [6.07, 6.45) is -5.61. The zero-order valence-electron chi connectivity index (χ0n) is 27.5. The summed E-state index contributed by atoms with van der Waals surface area (Å²) < 4.78 is 22.9. The van der Waals surface area contributed by atoms with Gasteiger partial charge in [0.15, 0.2) is 17.9 Å². The molecule has 0 spiro atoms. The standard InChI is InChI=1S/C35H36N2O13/c1-14-28(39)18(36-26-27(34(45)33(26)44)37-7-9-48-10-8-37)11-21(49-14)50-20-13-35(46,15(2)38)12-17-23(20)32(43)25-24(30(17)41)29(40)16-5-4-6-19(47-3)22(16)31(25)42/h4-6,14,18,20-21,28,36,39,41,43,46H,7-13H2,1-3H3/t14-,18-,20-,21-,28+,35-/m0/s1. The van der Waals surface area contributed by atoms with Crippen LogP contribution in [0.15, 0.2) is 27.8 Å². The number of carbonyl (C=O) groups excluding carboxylic acids is 3. The van der Waals surface area contributed by atoms with Crippen molar-refractivity contribution in [3.63, 3.8) is 0 Å². The van der Waals surface area contributed by atoms with E-state index in [1.807, 2.05) is 0 Å². The van der Waals surface area contributed by atoms with Gasteiger partial charge in [0, 0.05) is 49.0 Å². The Hall–Kier alpha value is -4.67. The van der Waals surface area contributed by atoms with Gasteiger partial charge >= 0.3 is 0 Å². The fraction of sp³-hybridized carbons (Fsp3) is 0.457. The lowest BCUT2D eigenvalue weighted by Gasteiger charge is -2.43. The van der Waals surface area contributed by atoms with Crippen LogP contribution < -0.4 is 25.8 Å². The van der Waals surface area contributed by atoms with Gasteiger partial charge in [0.25, 0.3) is 10.9 Å². The van der Waals surface area contributed by atoms with Crippen molar-refractivity contribution in [3.8, 4) is 17.2 Å². The second kappa shape index (κ2) is 12.3. The van der Waals surface area contributed by atoms with Crippen LogP contribution in [0.25, 0.3) is 0 Å². The minimum atomic E-state index is -2.10.